The van der Waals surface area contributed by atoms with Crippen molar-refractivity contribution < 1.29 is 19.1 Å². The van der Waals surface area contributed by atoms with Crippen LogP contribution in [0.1, 0.15) is 42.5 Å². The number of hydrogen-bond acceptors (Lipinski definition) is 5. The molecule has 3 heterocycles. The Hall–Kier alpha value is -2.80. The summed E-state index contributed by atoms with van der Waals surface area (Å²) in [5, 5.41) is 0.243. The lowest BCUT2D eigenvalue weighted by molar-refractivity contribution is -0.133. The zero-order valence-electron chi connectivity index (χ0n) is 19.0. The summed E-state index contributed by atoms with van der Waals surface area (Å²) < 4.78 is 10.8. The number of ether oxygens (including phenoxy) is 2. The molecule has 7 nitrogen and oxygen atoms in total. The monoisotopic (exact) mass is 471 g/mol. The van der Waals surface area contributed by atoms with Crippen molar-refractivity contribution in [3.63, 3.8) is 0 Å². The number of piperidine rings is 1. The quantitative estimate of drug-likeness (QED) is 0.450. The number of amides is 2. The minimum atomic E-state index is -0.0496. The van der Waals surface area contributed by atoms with Crippen LogP contribution in [-0.2, 0) is 4.79 Å². The van der Waals surface area contributed by atoms with Gasteiger partial charge in [-0.2, -0.15) is 0 Å². The minimum absolute atomic E-state index is 0.0496. The van der Waals surface area contributed by atoms with Gasteiger partial charge in [-0.05, 0) is 49.3 Å². The van der Waals surface area contributed by atoms with Crippen molar-refractivity contribution in [1.82, 2.24) is 14.8 Å². The largest absolute Gasteiger partial charge is 0.494 e. The molecule has 8 heteroatoms. The van der Waals surface area contributed by atoms with Crippen LogP contribution in [0.15, 0.2) is 42.5 Å². The molecule has 33 heavy (non-hydrogen) atoms. The first-order valence-electron chi connectivity index (χ1n) is 11.4. The van der Waals surface area contributed by atoms with Crippen molar-refractivity contribution >= 4 is 23.4 Å². The second-order valence-electron chi connectivity index (χ2n) is 8.84. The van der Waals surface area contributed by atoms with Crippen LogP contribution in [-0.4, -0.2) is 66.5 Å². The average molecular weight is 472 g/mol. The van der Waals surface area contributed by atoms with Crippen molar-refractivity contribution in [2.24, 2.45) is 5.41 Å². The summed E-state index contributed by atoms with van der Waals surface area (Å²) in [5.74, 6) is 1.30. The molecular weight excluding hydrogens is 442 g/mol. The SMILES string of the molecule is COc1cc(C(=O)N2CCC3(CCN(C(=O)CCCOc4ccccc4)CC3)C2)cc(Cl)n1. The molecule has 2 aliphatic heterocycles. The fraction of sp³-hybridized carbons (Fsp3) is 0.480. The molecule has 0 bridgehead atoms. The van der Waals surface area contributed by atoms with Gasteiger partial charge in [-0.3, -0.25) is 9.59 Å². The number of para-hydroxylation sites is 1. The number of pyridine rings is 1. The highest BCUT2D eigenvalue weighted by atomic mass is 35.5. The smallest absolute Gasteiger partial charge is 0.254 e. The lowest BCUT2D eigenvalue weighted by Gasteiger charge is -2.39. The predicted molar refractivity (Wildman–Crippen MR) is 126 cm³/mol. The van der Waals surface area contributed by atoms with Gasteiger partial charge in [-0.1, -0.05) is 29.8 Å². The summed E-state index contributed by atoms with van der Waals surface area (Å²) in [6.45, 7) is 3.45. The Bertz CT molecular complexity index is 977. The lowest BCUT2D eigenvalue weighted by atomic mass is 9.77. The Kier molecular flexibility index (Phi) is 7.38. The van der Waals surface area contributed by atoms with Gasteiger partial charge >= 0.3 is 0 Å². The van der Waals surface area contributed by atoms with E-state index in [1.165, 1.54) is 7.11 Å². The number of halogens is 1. The molecule has 1 aromatic heterocycles. The summed E-state index contributed by atoms with van der Waals surface area (Å²) in [6.07, 6.45) is 4.00. The molecule has 0 atom stereocenters. The van der Waals surface area contributed by atoms with E-state index in [-0.39, 0.29) is 22.4 Å². The van der Waals surface area contributed by atoms with Gasteiger partial charge in [-0.25, -0.2) is 4.98 Å². The van der Waals surface area contributed by atoms with E-state index in [4.69, 9.17) is 21.1 Å². The van der Waals surface area contributed by atoms with Crippen LogP contribution in [0.3, 0.4) is 0 Å². The summed E-state index contributed by atoms with van der Waals surface area (Å²) in [4.78, 5) is 33.6. The predicted octanol–water partition coefficient (Wildman–Crippen LogP) is 4.06. The van der Waals surface area contributed by atoms with Gasteiger partial charge in [0.05, 0.1) is 13.7 Å². The first kappa shape index (κ1) is 23.4. The van der Waals surface area contributed by atoms with E-state index in [1.807, 2.05) is 40.1 Å². The number of likely N-dealkylation sites (tertiary alicyclic amines) is 2. The van der Waals surface area contributed by atoms with Gasteiger partial charge in [0.2, 0.25) is 11.8 Å². The molecule has 2 aliphatic rings. The summed E-state index contributed by atoms with van der Waals surface area (Å²) in [5.41, 5.74) is 0.582. The first-order valence-corrected chi connectivity index (χ1v) is 11.8. The first-order chi connectivity index (χ1) is 16.0. The van der Waals surface area contributed by atoms with Gasteiger partial charge in [-0.15, -0.1) is 0 Å². The van der Waals surface area contributed by atoms with Crippen LogP contribution in [0.4, 0.5) is 0 Å². The molecule has 0 saturated carbocycles. The molecule has 0 aliphatic carbocycles. The summed E-state index contributed by atoms with van der Waals surface area (Å²) >= 11 is 6.04. The lowest BCUT2D eigenvalue weighted by Crippen LogP contribution is -2.44. The maximum Gasteiger partial charge on any atom is 0.254 e. The maximum absolute atomic E-state index is 13.0. The molecule has 0 radical (unpaired) electrons. The van der Waals surface area contributed by atoms with Crippen molar-refractivity contribution in [3.05, 3.63) is 53.2 Å². The van der Waals surface area contributed by atoms with E-state index >= 15 is 0 Å². The van der Waals surface area contributed by atoms with Crippen LogP contribution in [0, 0.1) is 5.41 Å². The van der Waals surface area contributed by atoms with E-state index in [2.05, 4.69) is 4.98 Å². The second-order valence-corrected chi connectivity index (χ2v) is 9.23. The van der Waals surface area contributed by atoms with Crippen LogP contribution >= 0.6 is 11.6 Å². The number of nitrogens with zero attached hydrogens (tertiary/aromatic N) is 3. The molecule has 0 N–H and O–H groups in total. The Morgan fingerprint density at radius 1 is 1.06 bits per heavy atom. The topological polar surface area (TPSA) is 72.0 Å². The van der Waals surface area contributed by atoms with Gasteiger partial charge in [0.25, 0.3) is 5.91 Å². The average Bonchev–Trinajstić information content (AvgIpc) is 3.25. The van der Waals surface area contributed by atoms with Crippen LogP contribution in [0.25, 0.3) is 0 Å². The molecule has 2 fully saturated rings. The van der Waals surface area contributed by atoms with Crippen LogP contribution in [0.2, 0.25) is 5.15 Å². The highest BCUT2D eigenvalue weighted by Gasteiger charge is 2.42. The Balaban J connectivity index is 1.23. The molecule has 1 aromatic carbocycles. The highest BCUT2D eigenvalue weighted by Crippen LogP contribution is 2.41. The molecular formula is C25H30ClN3O4. The normalized spacial score (nSPS) is 17.3. The molecule has 2 saturated heterocycles. The fourth-order valence-electron chi connectivity index (χ4n) is 4.72. The fourth-order valence-corrected chi connectivity index (χ4v) is 4.92. The minimum Gasteiger partial charge on any atom is -0.494 e. The summed E-state index contributed by atoms with van der Waals surface area (Å²) in [6, 6.07) is 12.9. The number of rotatable bonds is 7. The third-order valence-electron chi connectivity index (χ3n) is 6.68. The van der Waals surface area contributed by atoms with Crippen molar-refractivity contribution in [3.8, 4) is 11.6 Å². The van der Waals surface area contributed by atoms with Gasteiger partial charge in [0.1, 0.15) is 10.9 Å². The zero-order valence-corrected chi connectivity index (χ0v) is 19.7. The number of hydrogen-bond donors (Lipinski definition) is 0. The van der Waals surface area contributed by atoms with Gasteiger partial charge < -0.3 is 19.3 Å². The number of aromatic nitrogens is 1. The molecule has 176 valence electrons. The Morgan fingerprint density at radius 2 is 1.76 bits per heavy atom. The molecule has 4 rings (SSSR count). The van der Waals surface area contributed by atoms with E-state index < -0.39 is 0 Å². The third kappa shape index (κ3) is 5.77. The van der Waals surface area contributed by atoms with Crippen molar-refractivity contribution in [1.29, 1.82) is 0 Å². The molecule has 2 aromatic rings. The Labute approximate surface area is 199 Å². The van der Waals surface area contributed by atoms with Gasteiger partial charge in [0, 0.05) is 44.2 Å². The molecule has 1 spiro atoms. The highest BCUT2D eigenvalue weighted by molar-refractivity contribution is 6.29. The standard InChI is InChI=1S/C25H30ClN3O4/c1-32-22-17-19(16-21(26)27-22)24(31)29-14-11-25(18-29)9-12-28(13-10-25)23(30)8-5-15-33-20-6-3-2-4-7-20/h2-4,6-7,16-17H,5,8-15,18H2,1H3. The molecule has 2 amide bonds. The van der Waals surface area contributed by atoms with E-state index in [1.54, 1.807) is 12.1 Å². The maximum atomic E-state index is 13.0. The van der Waals surface area contributed by atoms with Gasteiger partial charge in [0.15, 0.2) is 0 Å². The Morgan fingerprint density at radius 3 is 2.45 bits per heavy atom. The number of methoxy groups -OCH3 is 1. The second kappa shape index (κ2) is 10.4. The number of carbonyl (C=O) groups is 2. The number of carbonyl (C=O) groups excluding carboxylic acids is 2. The molecule has 0 unspecified atom stereocenters. The van der Waals surface area contributed by atoms with E-state index in [9.17, 15) is 9.59 Å². The summed E-state index contributed by atoms with van der Waals surface area (Å²) in [7, 11) is 1.50. The zero-order chi connectivity index (χ0) is 23.3. The van der Waals surface area contributed by atoms with Crippen molar-refractivity contribution in [2.45, 2.75) is 32.1 Å². The van der Waals surface area contributed by atoms with E-state index in [0.29, 0.717) is 44.0 Å². The number of benzene rings is 1. The van der Waals surface area contributed by atoms with Crippen molar-refractivity contribution in [2.75, 3.05) is 39.9 Å². The van der Waals surface area contributed by atoms with Crippen LogP contribution in [0.5, 0.6) is 11.6 Å². The third-order valence-corrected chi connectivity index (χ3v) is 6.87. The van der Waals surface area contributed by atoms with Crippen LogP contribution < -0.4 is 9.47 Å². The van der Waals surface area contributed by atoms with E-state index in [0.717, 1.165) is 38.1 Å².